The summed E-state index contributed by atoms with van der Waals surface area (Å²) in [5.41, 5.74) is 1.01. The second kappa shape index (κ2) is 4.93. The molecular formula is C14H7F3N2O2. The van der Waals surface area contributed by atoms with Gasteiger partial charge in [-0.3, -0.25) is 4.79 Å². The van der Waals surface area contributed by atoms with E-state index in [0.717, 1.165) is 16.8 Å². The van der Waals surface area contributed by atoms with Gasteiger partial charge in [-0.2, -0.15) is 5.10 Å². The second-order valence-corrected chi connectivity index (χ2v) is 4.23. The number of rotatable bonds is 3. The largest absolute Gasteiger partial charge is 0.472 e. The van der Waals surface area contributed by atoms with Gasteiger partial charge in [-0.1, -0.05) is 0 Å². The lowest BCUT2D eigenvalue weighted by atomic mass is 10.2. The summed E-state index contributed by atoms with van der Waals surface area (Å²) in [7, 11) is 0. The molecule has 0 aliphatic rings. The van der Waals surface area contributed by atoms with Crippen LogP contribution in [0.15, 0.2) is 41.3 Å². The van der Waals surface area contributed by atoms with Crippen LogP contribution in [0.25, 0.3) is 16.9 Å². The molecule has 2 heterocycles. The summed E-state index contributed by atoms with van der Waals surface area (Å²) < 4.78 is 45.4. The molecule has 0 radical (unpaired) electrons. The van der Waals surface area contributed by atoms with Gasteiger partial charge in [0.15, 0.2) is 23.7 Å². The number of carbonyl (C=O) groups excluding carboxylic acids is 1. The number of furan rings is 1. The summed E-state index contributed by atoms with van der Waals surface area (Å²) in [5, 5.41) is 4.08. The van der Waals surface area contributed by atoms with Crippen LogP contribution in [0.5, 0.6) is 0 Å². The summed E-state index contributed by atoms with van der Waals surface area (Å²) in [6.07, 6.45) is 4.63. The zero-order valence-corrected chi connectivity index (χ0v) is 10.4. The Kier molecular flexibility index (Phi) is 3.09. The van der Waals surface area contributed by atoms with Gasteiger partial charge in [0.1, 0.15) is 5.69 Å². The maximum Gasteiger partial charge on any atom is 0.194 e. The van der Waals surface area contributed by atoms with Crippen LogP contribution < -0.4 is 0 Å². The van der Waals surface area contributed by atoms with Gasteiger partial charge in [0.25, 0.3) is 0 Å². The molecule has 0 amide bonds. The van der Waals surface area contributed by atoms with Crippen molar-refractivity contribution in [3.05, 3.63) is 59.9 Å². The molecule has 0 bridgehead atoms. The van der Waals surface area contributed by atoms with Crippen molar-refractivity contribution in [1.82, 2.24) is 9.78 Å². The van der Waals surface area contributed by atoms with E-state index in [1.165, 1.54) is 18.7 Å². The summed E-state index contributed by atoms with van der Waals surface area (Å²) in [6.45, 7) is 0. The molecule has 0 unspecified atom stereocenters. The lowest BCUT2D eigenvalue weighted by Gasteiger charge is -2.03. The maximum absolute atomic E-state index is 13.2. The Morgan fingerprint density at radius 1 is 1.19 bits per heavy atom. The van der Waals surface area contributed by atoms with Crippen LogP contribution in [0.1, 0.15) is 10.4 Å². The van der Waals surface area contributed by atoms with E-state index in [1.807, 2.05) is 0 Å². The van der Waals surface area contributed by atoms with E-state index in [4.69, 9.17) is 4.42 Å². The van der Waals surface area contributed by atoms with Gasteiger partial charge < -0.3 is 4.42 Å². The highest BCUT2D eigenvalue weighted by atomic mass is 19.2. The molecule has 0 N–H and O–H groups in total. The van der Waals surface area contributed by atoms with Crippen LogP contribution in [-0.4, -0.2) is 16.1 Å². The van der Waals surface area contributed by atoms with E-state index in [0.29, 0.717) is 17.5 Å². The van der Waals surface area contributed by atoms with Crippen molar-refractivity contribution in [2.45, 2.75) is 0 Å². The van der Waals surface area contributed by atoms with E-state index in [1.54, 1.807) is 6.07 Å². The Labute approximate surface area is 116 Å². The SMILES string of the molecule is O=Cc1cn(-c2cc(F)c(F)c(F)c2)nc1-c1ccoc1. The van der Waals surface area contributed by atoms with Crippen molar-refractivity contribution in [3.8, 4) is 16.9 Å². The summed E-state index contributed by atoms with van der Waals surface area (Å²) >= 11 is 0. The number of nitrogens with zero attached hydrogens (tertiary/aromatic N) is 2. The van der Waals surface area contributed by atoms with Gasteiger partial charge in [-0.05, 0) is 6.07 Å². The van der Waals surface area contributed by atoms with Crippen LogP contribution in [0.4, 0.5) is 13.2 Å². The van der Waals surface area contributed by atoms with Gasteiger partial charge in [0, 0.05) is 23.9 Å². The molecule has 0 saturated heterocycles. The zero-order chi connectivity index (χ0) is 15.0. The minimum atomic E-state index is -1.56. The average Bonchev–Trinajstić information content (AvgIpc) is 3.12. The molecule has 3 aromatic rings. The Morgan fingerprint density at radius 3 is 2.48 bits per heavy atom. The number of hydrogen-bond donors (Lipinski definition) is 0. The smallest absolute Gasteiger partial charge is 0.194 e. The van der Waals surface area contributed by atoms with E-state index < -0.39 is 17.5 Å². The molecule has 0 aliphatic heterocycles. The topological polar surface area (TPSA) is 48.0 Å². The van der Waals surface area contributed by atoms with E-state index in [2.05, 4.69) is 5.10 Å². The Hall–Kier alpha value is -2.83. The predicted molar refractivity (Wildman–Crippen MR) is 66.5 cm³/mol. The highest BCUT2D eigenvalue weighted by molar-refractivity contribution is 5.85. The van der Waals surface area contributed by atoms with Crippen molar-refractivity contribution in [1.29, 1.82) is 0 Å². The monoisotopic (exact) mass is 292 g/mol. The fraction of sp³-hybridized carbons (Fsp3) is 0. The number of aldehydes is 1. The molecule has 0 saturated carbocycles. The van der Waals surface area contributed by atoms with Gasteiger partial charge in [-0.15, -0.1) is 0 Å². The first-order valence-corrected chi connectivity index (χ1v) is 5.82. The van der Waals surface area contributed by atoms with Gasteiger partial charge in [0.05, 0.1) is 23.8 Å². The average molecular weight is 292 g/mol. The first-order chi connectivity index (χ1) is 10.1. The highest BCUT2D eigenvalue weighted by Gasteiger charge is 2.16. The molecule has 0 atom stereocenters. The lowest BCUT2D eigenvalue weighted by Crippen LogP contribution is -1.99. The number of aromatic nitrogens is 2. The van der Waals surface area contributed by atoms with Crippen LogP contribution in [0.3, 0.4) is 0 Å². The van der Waals surface area contributed by atoms with Gasteiger partial charge in [-0.25, -0.2) is 17.9 Å². The second-order valence-electron chi connectivity index (χ2n) is 4.23. The Morgan fingerprint density at radius 2 is 1.90 bits per heavy atom. The first kappa shape index (κ1) is 13.2. The zero-order valence-electron chi connectivity index (χ0n) is 10.4. The minimum absolute atomic E-state index is 0.0377. The third-order valence-electron chi connectivity index (χ3n) is 2.90. The molecule has 106 valence electrons. The summed E-state index contributed by atoms with van der Waals surface area (Å²) in [5.74, 6) is -4.23. The van der Waals surface area contributed by atoms with Gasteiger partial charge >= 0.3 is 0 Å². The highest BCUT2D eigenvalue weighted by Crippen LogP contribution is 2.24. The van der Waals surface area contributed by atoms with E-state index in [-0.39, 0.29) is 11.3 Å². The first-order valence-electron chi connectivity index (χ1n) is 5.82. The third kappa shape index (κ3) is 2.22. The minimum Gasteiger partial charge on any atom is -0.472 e. The lowest BCUT2D eigenvalue weighted by molar-refractivity contribution is 0.112. The van der Waals surface area contributed by atoms with E-state index >= 15 is 0 Å². The van der Waals surface area contributed by atoms with Crippen molar-refractivity contribution in [2.24, 2.45) is 0 Å². The quantitative estimate of drug-likeness (QED) is 0.549. The van der Waals surface area contributed by atoms with Crippen molar-refractivity contribution >= 4 is 6.29 Å². The van der Waals surface area contributed by atoms with Crippen molar-refractivity contribution in [2.75, 3.05) is 0 Å². The van der Waals surface area contributed by atoms with Crippen LogP contribution >= 0.6 is 0 Å². The Bertz CT molecular complexity index is 787. The predicted octanol–water partition coefficient (Wildman–Crippen LogP) is 3.36. The summed E-state index contributed by atoms with van der Waals surface area (Å²) in [4.78, 5) is 11.1. The van der Waals surface area contributed by atoms with Gasteiger partial charge in [0.2, 0.25) is 0 Å². The van der Waals surface area contributed by atoms with Crippen LogP contribution in [0.2, 0.25) is 0 Å². The van der Waals surface area contributed by atoms with Crippen molar-refractivity contribution < 1.29 is 22.4 Å². The van der Waals surface area contributed by atoms with Crippen molar-refractivity contribution in [3.63, 3.8) is 0 Å². The molecule has 0 spiro atoms. The number of halogens is 3. The van der Waals surface area contributed by atoms with Crippen LogP contribution in [0, 0.1) is 17.5 Å². The molecule has 7 heteroatoms. The molecule has 0 fully saturated rings. The maximum atomic E-state index is 13.2. The fourth-order valence-corrected chi connectivity index (χ4v) is 1.90. The normalized spacial score (nSPS) is 10.8. The third-order valence-corrected chi connectivity index (χ3v) is 2.90. The number of carbonyl (C=O) groups is 1. The van der Waals surface area contributed by atoms with Crippen LogP contribution in [-0.2, 0) is 0 Å². The summed E-state index contributed by atoms with van der Waals surface area (Å²) in [6, 6.07) is 3.17. The molecular weight excluding hydrogens is 285 g/mol. The molecule has 1 aromatic carbocycles. The fourth-order valence-electron chi connectivity index (χ4n) is 1.90. The molecule has 3 rings (SSSR count). The molecule has 2 aromatic heterocycles. The number of benzene rings is 1. The molecule has 21 heavy (non-hydrogen) atoms. The number of hydrogen-bond acceptors (Lipinski definition) is 3. The Balaban J connectivity index is 2.14. The molecule has 4 nitrogen and oxygen atoms in total. The molecule has 0 aliphatic carbocycles. The standard InChI is InChI=1S/C14H7F3N2O2/c15-11-3-10(4-12(16)13(11)17)19-5-9(6-20)14(18-19)8-1-2-21-7-8/h1-7H. The van der Waals surface area contributed by atoms with E-state index in [9.17, 15) is 18.0 Å².